The van der Waals surface area contributed by atoms with Crippen LogP contribution in [0.5, 0.6) is 23.0 Å². The molecule has 0 aliphatic heterocycles. The monoisotopic (exact) mass is 282 g/mol. The third-order valence-corrected chi connectivity index (χ3v) is 3.52. The summed E-state index contributed by atoms with van der Waals surface area (Å²) in [5, 5.41) is 40.5. The summed E-state index contributed by atoms with van der Waals surface area (Å²) < 4.78 is 0. The molecular weight excluding hydrogens is 268 g/mol. The zero-order valence-corrected chi connectivity index (χ0v) is 11.1. The SMILES string of the molecule is Oc1ccc(Cc2c(O)cc3cccc(O)c3c2O)cc1. The molecule has 0 heterocycles. The van der Waals surface area contributed by atoms with Crippen LogP contribution in [0.15, 0.2) is 48.5 Å². The van der Waals surface area contributed by atoms with Crippen LogP contribution in [0, 0.1) is 0 Å². The maximum Gasteiger partial charge on any atom is 0.134 e. The molecule has 4 heteroatoms. The van der Waals surface area contributed by atoms with Crippen LogP contribution in [0.4, 0.5) is 0 Å². The van der Waals surface area contributed by atoms with E-state index in [9.17, 15) is 20.4 Å². The first-order valence-electron chi connectivity index (χ1n) is 6.49. The van der Waals surface area contributed by atoms with E-state index in [1.807, 2.05) is 0 Å². The van der Waals surface area contributed by atoms with Gasteiger partial charge in [0.05, 0.1) is 5.39 Å². The fraction of sp³-hybridized carbons (Fsp3) is 0.0588. The number of phenolic OH excluding ortho intramolecular Hbond substituents is 4. The molecule has 0 aliphatic carbocycles. The lowest BCUT2D eigenvalue weighted by Crippen LogP contribution is -1.91. The number of benzene rings is 3. The summed E-state index contributed by atoms with van der Waals surface area (Å²) in [7, 11) is 0. The van der Waals surface area contributed by atoms with Crippen LogP contribution in [-0.4, -0.2) is 20.4 Å². The molecule has 0 atom stereocenters. The molecule has 0 aliphatic rings. The third kappa shape index (κ3) is 2.31. The van der Waals surface area contributed by atoms with Gasteiger partial charge in [0, 0.05) is 12.0 Å². The maximum absolute atomic E-state index is 10.4. The van der Waals surface area contributed by atoms with Crippen molar-refractivity contribution in [1.29, 1.82) is 0 Å². The Hall–Kier alpha value is -2.88. The van der Waals surface area contributed by atoms with Crippen molar-refractivity contribution in [2.75, 3.05) is 0 Å². The van der Waals surface area contributed by atoms with E-state index in [0.717, 1.165) is 5.56 Å². The van der Waals surface area contributed by atoms with Gasteiger partial charge in [-0.1, -0.05) is 24.3 Å². The number of rotatable bonds is 2. The second-order valence-electron chi connectivity index (χ2n) is 4.94. The fourth-order valence-corrected chi connectivity index (χ4v) is 2.43. The standard InChI is InChI=1S/C17H14O4/c18-12-6-4-10(5-7-12)8-13-15(20)9-11-2-1-3-14(19)16(11)17(13)21/h1-7,9,18-21H,8H2. The van der Waals surface area contributed by atoms with Crippen molar-refractivity contribution in [3.63, 3.8) is 0 Å². The minimum atomic E-state index is -0.129. The van der Waals surface area contributed by atoms with E-state index in [1.54, 1.807) is 36.4 Å². The Morgan fingerprint density at radius 3 is 2.19 bits per heavy atom. The first kappa shape index (κ1) is 13.1. The average Bonchev–Trinajstić information content (AvgIpc) is 2.45. The largest absolute Gasteiger partial charge is 0.508 e. The summed E-state index contributed by atoms with van der Waals surface area (Å²) in [5.41, 5.74) is 1.17. The topological polar surface area (TPSA) is 80.9 Å². The second-order valence-corrected chi connectivity index (χ2v) is 4.94. The van der Waals surface area contributed by atoms with Crippen LogP contribution in [-0.2, 0) is 6.42 Å². The molecule has 0 spiro atoms. The van der Waals surface area contributed by atoms with E-state index in [4.69, 9.17) is 0 Å². The van der Waals surface area contributed by atoms with Gasteiger partial charge >= 0.3 is 0 Å². The molecule has 0 saturated carbocycles. The zero-order valence-electron chi connectivity index (χ0n) is 11.1. The van der Waals surface area contributed by atoms with Gasteiger partial charge in [0.25, 0.3) is 0 Å². The van der Waals surface area contributed by atoms with Gasteiger partial charge in [-0.05, 0) is 35.2 Å². The molecule has 3 aromatic rings. The Bertz CT molecular complexity index is 807. The van der Waals surface area contributed by atoms with Gasteiger partial charge in [-0.2, -0.15) is 0 Å². The molecule has 3 aromatic carbocycles. The molecule has 4 nitrogen and oxygen atoms in total. The Balaban J connectivity index is 2.14. The summed E-state index contributed by atoms with van der Waals surface area (Å²) in [6.07, 6.45) is 0.294. The second kappa shape index (κ2) is 4.90. The minimum absolute atomic E-state index is 0.0290. The van der Waals surface area contributed by atoms with Crippen molar-refractivity contribution >= 4 is 10.8 Å². The molecule has 0 saturated heterocycles. The average molecular weight is 282 g/mol. The third-order valence-electron chi connectivity index (χ3n) is 3.52. The lowest BCUT2D eigenvalue weighted by atomic mass is 9.98. The van der Waals surface area contributed by atoms with Crippen LogP contribution < -0.4 is 0 Å². The van der Waals surface area contributed by atoms with Gasteiger partial charge < -0.3 is 20.4 Å². The molecule has 0 aromatic heterocycles. The quantitative estimate of drug-likeness (QED) is 0.581. The van der Waals surface area contributed by atoms with Crippen molar-refractivity contribution in [1.82, 2.24) is 0 Å². The lowest BCUT2D eigenvalue weighted by molar-refractivity contribution is 0.440. The highest BCUT2D eigenvalue weighted by atomic mass is 16.3. The highest BCUT2D eigenvalue weighted by molar-refractivity contribution is 5.95. The van der Waals surface area contributed by atoms with E-state index in [-0.39, 0.29) is 23.0 Å². The predicted octanol–water partition coefficient (Wildman–Crippen LogP) is 3.25. The maximum atomic E-state index is 10.4. The fourth-order valence-electron chi connectivity index (χ4n) is 2.43. The summed E-state index contributed by atoms with van der Waals surface area (Å²) in [5.74, 6) is -0.0323. The Labute approximate surface area is 121 Å². The van der Waals surface area contributed by atoms with Gasteiger partial charge in [0.2, 0.25) is 0 Å². The van der Waals surface area contributed by atoms with Crippen molar-refractivity contribution in [2.45, 2.75) is 6.42 Å². The smallest absolute Gasteiger partial charge is 0.134 e. The predicted molar refractivity (Wildman–Crippen MR) is 79.9 cm³/mol. The van der Waals surface area contributed by atoms with Crippen LogP contribution >= 0.6 is 0 Å². The summed E-state index contributed by atoms with van der Waals surface area (Å²) >= 11 is 0. The number of hydrogen-bond acceptors (Lipinski definition) is 4. The molecule has 0 fully saturated rings. The van der Waals surface area contributed by atoms with Gasteiger partial charge in [-0.15, -0.1) is 0 Å². The van der Waals surface area contributed by atoms with Crippen LogP contribution in [0.1, 0.15) is 11.1 Å². The first-order valence-corrected chi connectivity index (χ1v) is 6.49. The Kier molecular flexibility index (Phi) is 3.06. The first-order chi connectivity index (χ1) is 10.1. The lowest BCUT2D eigenvalue weighted by Gasteiger charge is -2.12. The van der Waals surface area contributed by atoms with Crippen LogP contribution in [0.2, 0.25) is 0 Å². The van der Waals surface area contributed by atoms with E-state index >= 15 is 0 Å². The Morgan fingerprint density at radius 1 is 0.762 bits per heavy atom. The number of fused-ring (bicyclic) bond motifs is 1. The van der Waals surface area contributed by atoms with Gasteiger partial charge in [0.1, 0.15) is 23.0 Å². The number of phenols is 4. The molecule has 21 heavy (non-hydrogen) atoms. The highest BCUT2D eigenvalue weighted by Gasteiger charge is 2.15. The summed E-state index contributed by atoms with van der Waals surface area (Å²) in [6, 6.07) is 12.9. The summed E-state index contributed by atoms with van der Waals surface area (Å²) in [6.45, 7) is 0. The van der Waals surface area contributed by atoms with Crippen molar-refractivity contribution in [3.8, 4) is 23.0 Å². The number of aromatic hydroxyl groups is 4. The molecule has 106 valence electrons. The van der Waals surface area contributed by atoms with Crippen molar-refractivity contribution in [3.05, 3.63) is 59.7 Å². The zero-order chi connectivity index (χ0) is 15.0. The van der Waals surface area contributed by atoms with Gasteiger partial charge in [-0.3, -0.25) is 0 Å². The van der Waals surface area contributed by atoms with Crippen LogP contribution in [0.3, 0.4) is 0 Å². The highest BCUT2D eigenvalue weighted by Crippen LogP contribution is 2.40. The molecule has 4 N–H and O–H groups in total. The van der Waals surface area contributed by atoms with E-state index < -0.39 is 0 Å². The number of hydrogen-bond donors (Lipinski definition) is 4. The van der Waals surface area contributed by atoms with Crippen molar-refractivity contribution < 1.29 is 20.4 Å². The van der Waals surface area contributed by atoms with E-state index in [0.29, 0.717) is 22.8 Å². The van der Waals surface area contributed by atoms with E-state index in [2.05, 4.69) is 0 Å². The molecular formula is C17H14O4. The molecule has 0 amide bonds. The van der Waals surface area contributed by atoms with E-state index in [1.165, 1.54) is 12.1 Å². The van der Waals surface area contributed by atoms with Crippen LogP contribution in [0.25, 0.3) is 10.8 Å². The van der Waals surface area contributed by atoms with Gasteiger partial charge in [0.15, 0.2) is 0 Å². The van der Waals surface area contributed by atoms with Gasteiger partial charge in [-0.25, -0.2) is 0 Å². The normalized spacial score (nSPS) is 10.9. The molecule has 0 bridgehead atoms. The molecule has 0 radical (unpaired) electrons. The summed E-state index contributed by atoms with van der Waals surface area (Å²) in [4.78, 5) is 0. The molecule has 0 unspecified atom stereocenters. The Morgan fingerprint density at radius 2 is 1.48 bits per heavy atom. The van der Waals surface area contributed by atoms with Crippen molar-refractivity contribution in [2.24, 2.45) is 0 Å². The minimum Gasteiger partial charge on any atom is -0.508 e. The molecule has 3 rings (SSSR count).